The molecule has 1 atom stereocenters. The maximum atomic E-state index is 9.81. The lowest BCUT2D eigenvalue weighted by molar-refractivity contribution is 0.00784. The maximum absolute atomic E-state index is 9.81. The number of aliphatic hydroxyl groups is 2. The number of aliphatic hydroxyl groups excluding tert-OH is 1. The lowest BCUT2D eigenvalue weighted by atomic mass is 10.1. The van der Waals surface area contributed by atoms with Gasteiger partial charge < -0.3 is 14.9 Å². The third-order valence-electron chi connectivity index (χ3n) is 2.49. The number of ether oxygens (including phenoxy) is 1. The summed E-state index contributed by atoms with van der Waals surface area (Å²) in [5.41, 5.74) is -0.124. The van der Waals surface area contributed by atoms with Crippen LogP contribution in [0.5, 0.6) is 5.75 Å². The first-order chi connectivity index (χ1) is 7.48. The first-order valence-corrected chi connectivity index (χ1v) is 6.02. The van der Waals surface area contributed by atoms with E-state index in [0.29, 0.717) is 17.7 Å². The van der Waals surface area contributed by atoms with Gasteiger partial charge in [0.1, 0.15) is 12.4 Å². The molecule has 0 saturated heterocycles. The smallest absolute Gasteiger partial charge is 0.125 e. The summed E-state index contributed by atoms with van der Waals surface area (Å²) in [5.74, 6) is 0.611. The van der Waals surface area contributed by atoms with Crippen LogP contribution in [0.4, 0.5) is 0 Å². The molecule has 0 aliphatic heterocycles. The molecule has 3 nitrogen and oxygen atoms in total. The summed E-state index contributed by atoms with van der Waals surface area (Å²) in [6, 6.07) is 5.42. The zero-order valence-electron chi connectivity index (χ0n) is 9.53. The number of halogens is 1. The van der Waals surface area contributed by atoms with Crippen molar-refractivity contribution in [2.75, 3.05) is 6.61 Å². The average molecular weight is 289 g/mol. The van der Waals surface area contributed by atoms with Crippen LogP contribution < -0.4 is 4.74 Å². The van der Waals surface area contributed by atoms with Crippen molar-refractivity contribution >= 4 is 15.9 Å². The molecular formula is C12H17BrO3. The molecule has 1 aromatic rings. The van der Waals surface area contributed by atoms with Gasteiger partial charge in [-0.05, 0) is 31.5 Å². The van der Waals surface area contributed by atoms with Crippen LogP contribution in [0.1, 0.15) is 25.8 Å². The minimum Gasteiger partial charge on any atom is -0.490 e. The quantitative estimate of drug-likeness (QED) is 0.875. The fourth-order valence-corrected chi connectivity index (χ4v) is 1.56. The molecule has 2 N–H and O–H groups in total. The summed E-state index contributed by atoms with van der Waals surface area (Å²) in [6.45, 7) is 3.77. The van der Waals surface area contributed by atoms with E-state index in [1.807, 2.05) is 13.0 Å². The van der Waals surface area contributed by atoms with Gasteiger partial charge in [0.2, 0.25) is 0 Å². The summed E-state index contributed by atoms with van der Waals surface area (Å²) in [6.07, 6.45) is 0.623. The van der Waals surface area contributed by atoms with Crippen molar-refractivity contribution in [3.8, 4) is 5.75 Å². The Morgan fingerprint density at radius 3 is 2.69 bits per heavy atom. The monoisotopic (exact) mass is 288 g/mol. The van der Waals surface area contributed by atoms with E-state index in [9.17, 15) is 5.11 Å². The molecule has 1 aromatic carbocycles. The van der Waals surface area contributed by atoms with E-state index < -0.39 is 5.60 Å². The molecular weight excluding hydrogens is 272 g/mol. The molecule has 0 bridgehead atoms. The topological polar surface area (TPSA) is 49.7 Å². The van der Waals surface area contributed by atoms with Crippen LogP contribution in [-0.4, -0.2) is 22.4 Å². The molecule has 4 heteroatoms. The Morgan fingerprint density at radius 1 is 1.44 bits per heavy atom. The molecule has 0 radical (unpaired) electrons. The molecule has 0 heterocycles. The van der Waals surface area contributed by atoms with Gasteiger partial charge in [0, 0.05) is 10.0 Å². The van der Waals surface area contributed by atoms with Gasteiger partial charge in [-0.1, -0.05) is 22.9 Å². The van der Waals surface area contributed by atoms with E-state index in [0.717, 1.165) is 4.47 Å². The summed E-state index contributed by atoms with van der Waals surface area (Å²) < 4.78 is 6.40. The Hall–Kier alpha value is -0.580. The number of rotatable bonds is 5. The largest absolute Gasteiger partial charge is 0.490 e. The van der Waals surface area contributed by atoms with Crippen molar-refractivity contribution in [1.29, 1.82) is 0 Å². The zero-order chi connectivity index (χ0) is 12.2. The van der Waals surface area contributed by atoms with E-state index in [1.54, 1.807) is 19.1 Å². The first-order valence-electron chi connectivity index (χ1n) is 5.23. The second-order valence-corrected chi connectivity index (χ2v) is 4.97. The van der Waals surface area contributed by atoms with Gasteiger partial charge in [0.25, 0.3) is 0 Å². The van der Waals surface area contributed by atoms with Crippen molar-refractivity contribution in [2.24, 2.45) is 0 Å². The number of hydrogen-bond donors (Lipinski definition) is 2. The van der Waals surface area contributed by atoms with Crippen molar-refractivity contribution in [2.45, 2.75) is 32.5 Å². The van der Waals surface area contributed by atoms with Crippen LogP contribution in [-0.2, 0) is 6.61 Å². The highest BCUT2D eigenvalue weighted by Gasteiger charge is 2.19. The molecule has 1 unspecified atom stereocenters. The molecule has 0 saturated carbocycles. The van der Waals surface area contributed by atoms with Crippen LogP contribution in [0.3, 0.4) is 0 Å². The molecule has 0 aliphatic carbocycles. The number of hydrogen-bond acceptors (Lipinski definition) is 3. The predicted octanol–water partition coefficient (Wildman–Crippen LogP) is 2.48. The molecule has 0 amide bonds. The van der Waals surface area contributed by atoms with Gasteiger partial charge in [-0.3, -0.25) is 0 Å². The summed E-state index contributed by atoms with van der Waals surface area (Å²) in [7, 11) is 0. The fourth-order valence-electron chi connectivity index (χ4n) is 1.15. The second-order valence-electron chi connectivity index (χ2n) is 4.05. The Kier molecular flexibility index (Phi) is 4.77. The fraction of sp³-hybridized carbons (Fsp3) is 0.500. The molecule has 0 fully saturated rings. The lowest BCUT2D eigenvalue weighted by Gasteiger charge is -2.22. The molecule has 1 rings (SSSR count). The second kappa shape index (κ2) is 5.66. The molecule has 0 aromatic heterocycles. The SMILES string of the molecule is CCC(C)(O)COc1ccc(Br)cc1CO. The van der Waals surface area contributed by atoms with Crippen LogP contribution in [0.25, 0.3) is 0 Å². The van der Waals surface area contributed by atoms with Crippen molar-refractivity contribution < 1.29 is 14.9 Å². The maximum Gasteiger partial charge on any atom is 0.125 e. The minimum absolute atomic E-state index is 0.0803. The summed E-state index contributed by atoms with van der Waals surface area (Å²) >= 11 is 3.33. The van der Waals surface area contributed by atoms with Gasteiger partial charge >= 0.3 is 0 Å². The number of benzene rings is 1. The molecule has 0 aliphatic rings. The van der Waals surface area contributed by atoms with E-state index in [2.05, 4.69) is 15.9 Å². The van der Waals surface area contributed by atoms with Crippen LogP contribution in [0, 0.1) is 0 Å². The Morgan fingerprint density at radius 2 is 2.12 bits per heavy atom. The van der Waals surface area contributed by atoms with E-state index in [4.69, 9.17) is 9.84 Å². The highest BCUT2D eigenvalue weighted by Crippen LogP contribution is 2.24. The predicted molar refractivity (Wildman–Crippen MR) is 66.5 cm³/mol. The van der Waals surface area contributed by atoms with Crippen molar-refractivity contribution in [3.63, 3.8) is 0 Å². The van der Waals surface area contributed by atoms with E-state index in [1.165, 1.54) is 0 Å². The Bertz CT molecular complexity index is 350. The standard InChI is InChI=1S/C12H17BrO3/c1-3-12(2,15)8-16-11-5-4-10(13)6-9(11)7-14/h4-6,14-15H,3,7-8H2,1-2H3. The highest BCUT2D eigenvalue weighted by molar-refractivity contribution is 9.10. The molecule has 16 heavy (non-hydrogen) atoms. The Balaban J connectivity index is 2.74. The summed E-state index contributed by atoms with van der Waals surface area (Å²) in [4.78, 5) is 0. The van der Waals surface area contributed by atoms with Gasteiger partial charge in [-0.25, -0.2) is 0 Å². The van der Waals surface area contributed by atoms with Crippen LogP contribution >= 0.6 is 15.9 Å². The van der Waals surface area contributed by atoms with Gasteiger partial charge in [-0.15, -0.1) is 0 Å². The van der Waals surface area contributed by atoms with Gasteiger partial charge in [0.15, 0.2) is 0 Å². The van der Waals surface area contributed by atoms with Crippen molar-refractivity contribution in [3.05, 3.63) is 28.2 Å². The van der Waals surface area contributed by atoms with E-state index >= 15 is 0 Å². The highest BCUT2D eigenvalue weighted by atomic mass is 79.9. The van der Waals surface area contributed by atoms with Gasteiger partial charge in [0.05, 0.1) is 12.2 Å². The first kappa shape index (κ1) is 13.5. The van der Waals surface area contributed by atoms with Crippen LogP contribution in [0.15, 0.2) is 22.7 Å². The Labute approximate surface area is 104 Å². The van der Waals surface area contributed by atoms with Crippen LogP contribution in [0.2, 0.25) is 0 Å². The minimum atomic E-state index is -0.834. The third-order valence-corrected chi connectivity index (χ3v) is 2.99. The molecule has 0 spiro atoms. The lowest BCUT2D eigenvalue weighted by Crippen LogP contribution is -2.31. The van der Waals surface area contributed by atoms with Crippen molar-refractivity contribution in [1.82, 2.24) is 0 Å². The third kappa shape index (κ3) is 3.77. The summed E-state index contributed by atoms with van der Waals surface area (Å²) in [5, 5.41) is 19.0. The average Bonchev–Trinajstić information content (AvgIpc) is 2.27. The zero-order valence-corrected chi connectivity index (χ0v) is 11.1. The normalized spacial score (nSPS) is 14.6. The molecule has 90 valence electrons. The van der Waals surface area contributed by atoms with Gasteiger partial charge in [-0.2, -0.15) is 0 Å². The van der Waals surface area contributed by atoms with E-state index in [-0.39, 0.29) is 13.2 Å².